The number of hydrogen-bond donors (Lipinski definition) is 2. The zero-order chi connectivity index (χ0) is 17.8. The summed E-state index contributed by atoms with van der Waals surface area (Å²) >= 11 is 1.85. The Morgan fingerprint density at radius 1 is 1.28 bits per heavy atom. The van der Waals surface area contributed by atoms with Gasteiger partial charge in [-0.2, -0.15) is 11.8 Å². The molecule has 3 rings (SSSR count). The Balaban J connectivity index is 1.35. The van der Waals surface area contributed by atoms with Gasteiger partial charge in [0, 0.05) is 29.6 Å². The van der Waals surface area contributed by atoms with Crippen LogP contribution < -0.4 is 15.4 Å². The molecule has 2 fully saturated rings. The van der Waals surface area contributed by atoms with Gasteiger partial charge < -0.3 is 15.4 Å². The van der Waals surface area contributed by atoms with Crippen molar-refractivity contribution in [2.24, 2.45) is 0 Å². The number of urea groups is 1. The molecule has 0 aliphatic carbocycles. The van der Waals surface area contributed by atoms with Gasteiger partial charge in [0.25, 0.3) is 5.69 Å². The lowest BCUT2D eigenvalue weighted by atomic mass is 10.0. The molecular weight excluding hydrogens is 346 g/mol. The van der Waals surface area contributed by atoms with Gasteiger partial charge in [-0.05, 0) is 25.0 Å². The monoisotopic (exact) mass is 365 g/mol. The van der Waals surface area contributed by atoms with E-state index in [0.717, 1.165) is 18.6 Å². The fourth-order valence-corrected chi connectivity index (χ4v) is 4.62. The summed E-state index contributed by atoms with van der Waals surface area (Å²) in [5.41, 5.74) is -0.0411. The van der Waals surface area contributed by atoms with Crippen molar-refractivity contribution in [1.82, 2.24) is 10.6 Å². The Labute approximate surface area is 148 Å². The molecule has 9 heteroatoms. The fraction of sp³-hybridized carbons (Fsp3) is 0.500. The molecule has 0 saturated carbocycles. The van der Waals surface area contributed by atoms with Crippen LogP contribution >= 0.6 is 11.8 Å². The van der Waals surface area contributed by atoms with E-state index in [1.807, 2.05) is 11.8 Å². The summed E-state index contributed by atoms with van der Waals surface area (Å²) < 4.78 is 5.17. The first-order valence-corrected chi connectivity index (χ1v) is 9.21. The van der Waals surface area contributed by atoms with E-state index in [4.69, 9.17) is 4.74 Å². The molecule has 2 amide bonds. The Kier molecular flexibility index (Phi) is 5.42. The number of carbonyl (C=O) groups is 2. The maximum Gasteiger partial charge on any atom is 0.315 e. The SMILES string of the molecule is O=C1N[C@@H]2[C@@H](CS[C@@H]2CCCCC(=O)Oc2ccc([N+](=O)[O-])cc2)N1. The van der Waals surface area contributed by atoms with Crippen LogP contribution in [0.2, 0.25) is 0 Å². The van der Waals surface area contributed by atoms with Crippen molar-refractivity contribution in [1.29, 1.82) is 0 Å². The molecule has 2 saturated heterocycles. The maximum atomic E-state index is 11.8. The summed E-state index contributed by atoms with van der Waals surface area (Å²) in [7, 11) is 0. The van der Waals surface area contributed by atoms with Gasteiger partial charge in [-0.25, -0.2) is 4.79 Å². The Morgan fingerprint density at radius 3 is 2.76 bits per heavy atom. The number of nitro groups is 1. The second-order valence-corrected chi connectivity index (χ2v) is 7.36. The van der Waals surface area contributed by atoms with Gasteiger partial charge in [0.15, 0.2) is 0 Å². The van der Waals surface area contributed by atoms with E-state index in [1.165, 1.54) is 24.3 Å². The molecule has 1 aromatic rings. The van der Waals surface area contributed by atoms with E-state index in [9.17, 15) is 19.7 Å². The minimum absolute atomic E-state index is 0.0411. The van der Waals surface area contributed by atoms with Crippen molar-refractivity contribution in [2.45, 2.75) is 43.0 Å². The third-order valence-electron chi connectivity index (χ3n) is 4.34. The molecule has 0 spiro atoms. The molecule has 2 heterocycles. The highest BCUT2D eigenvalue weighted by atomic mass is 32.2. The molecule has 1 aromatic carbocycles. The van der Waals surface area contributed by atoms with Crippen molar-refractivity contribution in [3.8, 4) is 5.75 Å². The molecule has 0 radical (unpaired) electrons. The molecule has 8 nitrogen and oxygen atoms in total. The number of non-ortho nitro benzene ring substituents is 1. The number of rotatable bonds is 7. The topological polar surface area (TPSA) is 111 Å². The highest BCUT2D eigenvalue weighted by Crippen LogP contribution is 2.33. The normalized spacial score (nSPS) is 24.3. The highest BCUT2D eigenvalue weighted by Gasteiger charge is 2.42. The van der Waals surface area contributed by atoms with Gasteiger partial charge in [-0.1, -0.05) is 6.42 Å². The van der Waals surface area contributed by atoms with Gasteiger partial charge in [-0.3, -0.25) is 14.9 Å². The van der Waals surface area contributed by atoms with Gasteiger partial charge >= 0.3 is 12.0 Å². The first kappa shape index (κ1) is 17.5. The molecule has 2 N–H and O–H groups in total. The fourth-order valence-electron chi connectivity index (χ4n) is 3.08. The number of ether oxygens (including phenoxy) is 1. The molecule has 0 bridgehead atoms. The third-order valence-corrected chi connectivity index (χ3v) is 5.85. The van der Waals surface area contributed by atoms with Gasteiger partial charge in [0.05, 0.1) is 17.0 Å². The van der Waals surface area contributed by atoms with Gasteiger partial charge in [-0.15, -0.1) is 0 Å². The second kappa shape index (κ2) is 7.73. The zero-order valence-corrected chi connectivity index (χ0v) is 14.3. The lowest BCUT2D eigenvalue weighted by Gasteiger charge is -2.16. The van der Waals surface area contributed by atoms with Crippen molar-refractivity contribution in [3.05, 3.63) is 34.4 Å². The quantitative estimate of drug-likeness (QED) is 0.191. The predicted octanol–water partition coefficient (Wildman–Crippen LogP) is 2.23. The minimum Gasteiger partial charge on any atom is -0.427 e. The van der Waals surface area contributed by atoms with Crippen LogP contribution in [0.25, 0.3) is 0 Å². The summed E-state index contributed by atoms with van der Waals surface area (Å²) in [6.45, 7) is 0. The van der Waals surface area contributed by atoms with E-state index < -0.39 is 4.92 Å². The number of amides is 2. The number of nitrogens with zero attached hydrogens (tertiary/aromatic N) is 1. The number of fused-ring (bicyclic) bond motifs is 1. The highest BCUT2D eigenvalue weighted by molar-refractivity contribution is 8.00. The van der Waals surface area contributed by atoms with Crippen molar-refractivity contribution in [2.75, 3.05) is 5.75 Å². The first-order valence-electron chi connectivity index (χ1n) is 8.17. The molecule has 134 valence electrons. The summed E-state index contributed by atoms with van der Waals surface area (Å²) in [5, 5.41) is 16.8. The van der Waals surface area contributed by atoms with Crippen LogP contribution in [-0.2, 0) is 4.79 Å². The van der Waals surface area contributed by atoms with Crippen molar-refractivity contribution in [3.63, 3.8) is 0 Å². The molecule has 2 aliphatic rings. The summed E-state index contributed by atoms with van der Waals surface area (Å²) in [5.74, 6) is 0.891. The summed E-state index contributed by atoms with van der Waals surface area (Å²) in [6, 6.07) is 5.76. The molecule has 2 aliphatic heterocycles. The molecule has 0 unspecified atom stereocenters. The smallest absolute Gasteiger partial charge is 0.315 e. The summed E-state index contributed by atoms with van der Waals surface area (Å²) in [4.78, 5) is 33.2. The average molecular weight is 365 g/mol. The second-order valence-electron chi connectivity index (χ2n) is 6.09. The third kappa shape index (κ3) is 4.41. The number of benzene rings is 1. The van der Waals surface area contributed by atoms with Crippen LogP contribution in [-0.4, -0.2) is 40.0 Å². The van der Waals surface area contributed by atoms with E-state index in [0.29, 0.717) is 23.8 Å². The van der Waals surface area contributed by atoms with E-state index in [-0.39, 0.29) is 29.8 Å². The molecule has 25 heavy (non-hydrogen) atoms. The van der Waals surface area contributed by atoms with Crippen LogP contribution in [0.3, 0.4) is 0 Å². The number of unbranched alkanes of at least 4 members (excludes halogenated alkanes) is 1. The van der Waals surface area contributed by atoms with Crippen molar-refractivity contribution >= 4 is 29.4 Å². The lowest BCUT2D eigenvalue weighted by molar-refractivity contribution is -0.384. The standard InChI is InChI=1S/C16H19N3O5S/c20-14(24-11-7-5-10(6-8-11)19(22)23)4-2-1-3-13-15-12(9-25-13)17-16(21)18-15/h5-8,12-13,15H,1-4,9H2,(H2,17,18,21)/t12-,13-,15-/m1/s1. The van der Waals surface area contributed by atoms with E-state index in [1.54, 1.807) is 0 Å². The van der Waals surface area contributed by atoms with Crippen LogP contribution in [0.15, 0.2) is 24.3 Å². The molecular formula is C16H19N3O5S. The first-order chi connectivity index (χ1) is 12.0. The number of nitrogens with one attached hydrogen (secondary N) is 2. The zero-order valence-electron chi connectivity index (χ0n) is 13.5. The van der Waals surface area contributed by atoms with Crippen LogP contribution in [0.5, 0.6) is 5.75 Å². The lowest BCUT2D eigenvalue weighted by Crippen LogP contribution is -2.36. The largest absolute Gasteiger partial charge is 0.427 e. The molecule has 3 atom stereocenters. The van der Waals surface area contributed by atoms with E-state index in [2.05, 4.69) is 10.6 Å². The number of nitro benzene ring substituents is 1. The van der Waals surface area contributed by atoms with E-state index >= 15 is 0 Å². The maximum absolute atomic E-state index is 11.8. The van der Waals surface area contributed by atoms with Crippen molar-refractivity contribution < 1.29 is 19.2 Å². The molecule has 0 aromatic heterocycles. The Bertz CT molecular complexity index is 666. The average Bonchev–Trinajstić information content (AvgIpc) is 3.11. The summed E-state index contributed by atoms with van der Waals surface area (Å²) in [6.07, 6.45) is 2.83. The number of esters is 1. The minimum atomic E-state index is -0.501. The predicted molar refractivity (Wildman–Crippen MR) is 92.7 cm³/mol. The van der Waals surface area contributed by atoms with Crippen LogP contribution in [0.1, 0.15) is 25.7 Å². The van der Waals surface area contributed by atoms with Crippen LogP contribution in [0, 0.1) is 10.1 Å². The van der Waals surface area contributed by atoms with Gasteiger partial charge in [0.2, 0.25) is 0 Å². The van der Waals surface area contributed by atoms with Crippen LogP contribution in [0.4, 0.5) is 10.5 Å². The number of carbonyl (C=O) groups excluding carboxylic acids is 2. The number of thioether (sulfide) groups is 1. The Morgan fingerprint density at radius 2 is 2.04 bits per heavy atom. The Hall–Kier alpha value is -2.29. The van der Waals surface area contributed by atoms with Gasteiger partial charge in [0.1, 0.15) is 5.75 Å². The number of hydrogen-bond acceptors (Lipinski definition) is 6.